The number of hydrogen-bond donors (Lipinski definition) is 1. The topological polar surface area (TPSA) is 53.2 Å². The van der Waals surface area contributed by atoms with Crippen LogP contribution in [0.2, 0.25) is 0 Å². The fraction of sp³-hybridized carbons (Fsp3) is 0.294. The lowest BCUT2D eigenvalue weighted by atomic mass is 10.1. The predicted octanol–water partition coefficient (Wildman–Crippen LogP) is 2.59. The van der Waals surface area contributed by atoms with Crippen molar-refractivity contribution >= 4 is 5.91 Å². The normalized spacial score (nSPS) is 14.4. The molecule has 0 atom stereocenters. The van der Waals surface area contributed by atoms with E-state index >= 15 is 0 Å². The number of benzene rings is 1. The lowest BCUT2D eigenvalue weighted by Gasteiger charge is -2.14. The molecule has 1 aromatic carbocycles. The Bertz CT molecular complexity index is 728. The van der Waals surface area contributed by atoms with Crippen molar-refractivity contribution in [1.29, 1.82) is 0 Å². The van der Waals surface area contributed by atoms with Gasteiger partial charge in [-0.1, -0.05) is 23.8 Å². The smallest absolute Gasteiger partial charge is 0.261 e. The summed E-state index contributed by atoms with van der Waals surface area (Å²) in [7, 11) is 0. The largest absolute Gasteiger partial charge is 0.338 e. The number of amides is 1. The molecule has 1 fully saturated rings. The van der Waals surface area contributed by atoms with Crippen LogP contribution in [0.3, 0.4) is 0 Å². The quantitative estimate of drug-likeness (QED) is 0.920. The minimum Gasteiger partial charge on any atom is -0.338 e. The van der Waals surface area contributed by atoms with Crippen molar-refractivity contribution in [3.05, 3.63) is 57.9 Å². The summed E-state index contributed by atoms with van der Waals surface area (Å²) in [6.45, 7) is 3.50. The summed E-state index contributed by atoms with van der Waals surface area (Å²) < 4.78 is 0. The van der Waals surface area contributed by atoms with Crippen molar-refractivity contribution in [2.24, 2.45) is 0 Å². The molecule has 1 saturated heterocycles. The number of hydrogen-bond acceptors (Lipinski definition) is 2. The number of carbonyl (C=O) groups excluding carboxylic acids is 1. The van der Waals surface area contributed by atoms with Crippen LogP contribution in [-0.2, 0) is 0 Å². The van der Waals surface area contributed by atoms with Crippen LogP contribution in [0, 0.1) is 6.92 Å². The van der Waals surface area contributed by atoms with E-state index in [0.29, 0.717) is 0 Å². The molecule has 1 aliphatic rings. The van der Waals surface area contributed by atoms with Crippen molar-refractivity contribution in [3.63, 3.8) is 0 Å². The number of aromatic nitrogens is 1. The number of pyridine rings is 1. The van der Waals surface area contributed by atoms with E-state index in [4.69, 9.17) is 0 Å². The van der Waals surface area contributed by atoms with Gasteiger partial charge in [0.05, 0.1) is 0 Å². The molecule has 1 aromatic heterocycles. The summed E-state index contributed by atoms with van der Waals surface area (Å²) in [5.41, 5.74) is 2.73. The summed E-state index contributed by atoms with van der Waals surface area (Å²) in [6.07, 6.45) is 2.04. The standard InChI is InChI=1S/C17H18N2O2/c1-12-5-4-6-13(11-12)15-8-7-14(16(20)18-15)17(21)19-9-2-3-10-19/h4-8,11H,2-3,9-10H2,1H3,(H,18,20). The van der Waals surface area contributed by atoms with Crippen LogP contribution in [0.1, 0.15) is 28.8 Å². The van der Waals surface area contributed by atoms with E-state index in [0.717, 1.165) is 42.8 Å². The maximum atomic E-state index is 12.3. The second-order valence-electron chi connectivity index (χ2n) is 5.48. The second kappa shape index (κ2) is 5.56. The van der Waals surface area contributed by atoms with Gasteiger partial charge < -0.3 is 9.88 Å². The molecular weight excluding hydrogens is 264 g/mol. The van der Waals surface area contributed by atoms with Gasteiger partial charge in [-0.15, -0.1) is 0 Å². The average molecular weight is 282 g/mol. The van der Waals surface area contributed by atoms with Gasteiger partial charge in [0.1, 0.15) is 5.56 Å². The molecule has 4 heteroatoms. The van der Waals surface area contributed by atoms with Gasteiger partial charge in [-0.25, -0.2) is 0 Å². The highest BCUT2D eigenvalue weighted by Gasteiger charge is 2.21. The molecule has 3 rings (SSSR count). The molecule has 1 N–H and O–H groups in total. The first kappa shape index (κ1) is 13.6. The van der Waals surface area contributed by atoms with E-state index in [1.54, 1.807) is 17.0 Å². The molecular formula is C17H18N2O2. The highest BCUT2D eigenvalue weighted by molar-refractivity contribution is 5.94. The maximum Gasteiger partial charge on any atom is 0.261 e. The van der Waals surface area contributed by atoms with Gasteiger partial charge in [0.25, 0.3) is 11.5 Å². The summed E-state index contributed by atoms with van der Waals surface area (Å²) in [5.74, 6) is -0.162. The number of aromatic amines is 1. The summed E-state index contributed by atoms with van der Waals surface area (Å²) >= 11 is 0. The molecule has 108 valence electrons. The SMILES string of the molecule is Cc1cccc(-c2ccc(C(=O)N3CCCC3)c(=O)[nH]2)c1. The molecule has 1 aliphatic heterocycles. The molecule has 0 aliphatic carbocycles. The molecule has 0 bridgehead atoms. The zero-order chi connectivity index (χ0) is 14.8. The molecule has 0 unspecified atom stereocenters. The van der Waals surface area contributed by atoms with E-state index in [-0.39, 0.29) is 17.0 Å². The predicted molar refractivity (Wildman–Crippen MR) is 82.4 cm³/mol. The van der Waals surface area contributed by atoms with E-state index in [2.05, 4.69) is 4.98 Å². The van der Waals surface area contributed by atoms with E-state index in [1.165, 1.54) is 0 Å². The van der Waals surface area contributed by atoms with Gasteiger partial charge >= 0.3 is 0 Å². The number of carbonyl (C=O) groups is 1. The number of rotatable bonds is 2. The molecule has 4 nitrogen and oxygen atoms in total. The Morgan fingerprint density at radius 1 is 1.14 bits per heavy atom. The van der Waals surface area contributed by atoms with Crippen LogP contribution in [0.5, 0.6) is 0 Å². The average Bonchev–Trinajstić information content (AvgIpc) is 3.00. The van der Waals surface area contributed by atoms with Gasteiger partial charge in [0.15, 0.2) is 0 Å². The number of H-pyrrole nitrogens is 1. The maximum absolute atomic E-state index is 12.3. The lowest BCUT2D eigenvalue weighted by molar-refractivity contribution is 0.0791. The molecule has 0 spiro atoms. The Kier molecular flexibility index (Phi) is 3.60. The van der Waals surface area contributed by atoms with Crippen LogP contribution >= 0.6 is 0 Å². The van der Waals surface area contributed by atoms with Crippen molar-refractivity contribution in [1.82, 2.24) is 9.88 Å². The Balaban J connectivity index is 1.93. The molecule has 2 aromatic rings. The fourth-order valence-electron chi connectivity index (χ4n) is 2.71. The summed E-state index contributed by atoms with van der Waals surface area (Å²) in [5, 5.41) is 0. The number of likely N-dealkylation sites (tertiary alicyclic amines) is 1. The Morgan fingerprint density at radius 3 is 2.57 bits per heavy atom. The van der Waals surface area contributed by atoms with Crippen LogP contribution < -0.4 is 5.56 Å². The van der Waals surface area contributed by atoms with E-state index in [9.17, 15) is 9.59 Å². The van der Waals surface area contributed by atoms with Gasteiger partial charge in [-0.05, 0) is 43.5 Å². The third-order valence-electron chi connectivity index (χ3n) is 3.86. The number of nitrogens with zero attached hydrogens (tertiary/aromatic N) is 1. The molecule has 2 heterocycles. The van der Waals surface area contributed by atoms with Crippen molar-refractivity contribution in [2.45, 2.75) is 19.8 Å². The lowest BCUT2D eigenvalue weighted by Crippen LogP contribution is -2.32. The zero-order valence-electron chi connectivity index (χ0n) is 12.1. The zero-order valence-corrected chi connectivity index (χ0v) is 12.1. The Morgan fingerprint density at radius 2 is 1.90 bits per heavy atom. The first-order chi connectivity index (χ1) is 10.1. The highest BCUT2D eigenvalue weighted by atomic mass is 16.2. The second-order valence-corrected chi connectivity index (χ2v) is 5.48. The van der Waals surface area contributed by atoms with Gasteiger partial charge in [0.2, 0.25) is 0 Å². The number of aryl methyl sites for hydroxylation is 1. The minimum atomic E-state index is -0.314. The van der Waals surface area contributed by atoms with Crippen LogP contribution in [0.15, 0.2) is 41.2 Å². The van der Waals surface area contributed by atoms with Crippen molar-refractivity contribution < 1.29 is 4.79 Å². The van der Waals surface area contributed by atoms with Crippen LogP contribution in [-0.4, -0.2) is 28.9 Å². The van der Waals surface area contributed by atoms with Crippen molar-refractivity contribution in [2.75, 3.05) is 13.1 Å². The van der Waals surface area contributed by atoms with E-state index < -0.39 is 0 Å². The van der Waals surface area contributed by atoms with Gasteiger partial charge in [-0.2, -0.15) is 0 Å². The fourth-order valence-corrected chi connectivity index (χ4v) is 2.71. The van der Waals surface area contributed by atoms with Crippen molar-refractivity contribution in [3.8, 4) is 11.3 Å². The molecule has 0 saturated carbocycles. The molecule has 21 heavy (non-hydrogen) atoms. The van der Waals surface area contributed by atoms with Crippen LogP contribution in [0.4, 0.5) is 0 Å². The highest BCUT2D eigenvalue weighted by Crippen LogP contribution is 2.18. The molecule has 0 radical (unpaired) electrons. The Hall–Kier alpha value is -2.36. The van der Waals surface area contributed by atoms with Crippen LogP contribution in [0.25, 0.3) is 11.3 Å². The minimum absolute atomic E-state index is 0.162. The summed E-state index contributed by atoms with van der Waals surface area (Å²) in [6, 6.07) is 11.4. The molecule has 1 amide bonds. The third-order valence-corrected chi connectivity index (χ3v) is 3.86. The van der Waals surface area contributed by atoms with Gasteiger partial charge in [0, 0.05) is 18.8 Å². The number of nitrogens with one attached hydrogen (secondary N) is 1. The summed E-state index contributed by atoms with van der Waals surface area (Å²) in [4.78, 5) is 29.0. The first-order valence-electron chi connectivity index (χ1n) is 7.25. The third kappa shape index (κ3) is 2.75. The Labute approximate surface area is 123 Å². The van der Waals surface area contributed by atoms with Gasteiger partial charge in [-0.3, -0.25) is 9.59 Å². The van der Waals surface area contributed by atoms with E-state index in [1.807, 2.05) is 31.2 Å². The first-order valence-corrected chi connectivity index (χ1v) is 7.25. The monoisotopic (exact) mass is 282 g/mol.